The molecule has 2 aromatic heterocycles. The molecule has 5 heteroatoms. The number of pyridine rings is 1. The molecule has 0 aliphatic carbocycles. The molecule has 88 valence electrons. The molecule has 0 bridgehead atoms. The maximum Gasteiger partial charge on any atom is 0.251 e. The summed E-state index contributed by atoms with van der Waals surface area (Å²) in [5.41, 5.74) is 2.04. The molecule has 1 N–H and O–H groups in total. The minimum absolute atomic E-state index is 0.202. The number of H-pyrrole nitrogens is 1. The summed E-state index contributed by atoms with van der Waals surface area (Å²) in [6, 6.07) is 5.19. The molecule has 0 aromatic carbocycles. The van der Waals surface area contributed by atoms with E-state index in [4.69, 9.17) is 4.74 Å². The van der Waals surface area contributed by atoms with Crippen LogP contribution in [0, 0.1) is 6.92 Å². The summed E-state index contributed by atoms with van der Waals surface area (Å²) in [6.45, 7) is 2.23. The predicted octanol–water partition coefficient (Wildman–Crippen LogP) is 1.29. The van der Waals surface area contributed by atoms with Gasteiger partial charge in [0.15, 0.2) is 5.82 Å². The molecule has 17 heavy (non-hydrogen) atoms. The van der Waals surface area contributed by atoms with Crippen molar-refractivity contribution < 1.29 is 4.74 Å². The number of aromatic amines is 1. The Kier molecular flexibility index (Phi) is 3.30. The summed E-state index contributed by atoms with van der Waals surface area (Å²) in [7, 11) is 1.56. The Morgan fingerprint density at radius 1 is 1.47 bits per heavy atom. The average Bonchev–Trinajstić information content (AvgIpc) is 2.29. The molecule has 0 atom stereocenters. The number of nitrogens with one attached hydrogen (secondary N) is 1. The van der Waals surface area contributed by atoms with Gasteiger partial charge in [-0.1, -0.05) is 6.07 Å². The molecular formula is C12H13N3O2. The number of nitrogens with zero attached hydrogens (tertiary/aromatic N) is 2. The molecular weight excluding hydrogens is 218 g/mol. The van der Waals surface area contributed by atoms with Gasteiger partial charge in [0, 0.05) is 19.4 Å². The van der Waals surface area contributed by atoms with Crippen molar-refractivity contribution in [2.24, 2.45) is 0 Å². The average molecular weight is 231 g/mol. The Morgan fingerprint density at radius 3 is 3.00 bits per heavy atom. The van der Waals surface area contributed by atoms with E-state index in [1.807, 2.05) is 19.1 Å². The third kappa shape index (κ3) is 2.57. The van der Waals surface area contributed by atoms with Crippen LogP contribution in [0.5, 0.6) is 0 Å². The van der Waals surface area contributed by atoms with E-state index in [0.29, 0.717) is 23.8 Å². The highest BCUT2D eigenvalue weighted by molar-refractivity contribution is 5.53. The van der Waals surface area contributed by atoms with Crippen LogP contribution in [0.4, 0.5) is 0 Å². The molecule has 2 aromatic rings. The van der Waals surface area contributed by atoms with Crippen molar-refractivity contribution in [3.63, 3.8) is 0 Å². The van der Waals surface area contributed by atoms with Crippen LogP contribution in [0.25, 0.3) is 11.5 Å². The number of ether oxygens (including phenoxy) is 1. The SMILES string of the molecule is COCc1cc(=O)[nH]c(-c2ncccc2C)n1. The van der Waals surface area contributed by atoms with Crippen LogP contribution in [-0.2, 0) is 11.3 Å². The number of hydrogen-bond donors (Lipinski definition) is 1. The van der Waals surface area contributed by atoms with Crippen LogP contribution >= 0.6 is 0 Å². The van der Waals surface area contributed by atoms with E-state index in [1.54, 1.807) is 13.3 Å². The monoisotopic (exact) mass is 231 g/mol. The Morgan fingerprint density at radius 2 is 2.29 bits per heavy atom. The maximum absolute atomic E-state index is 11.5. The highest BCUT2D eigenvalue weighted by Crippen LogP contribution is 2.14. The first-order valence-corrected chi connectivity index (χ1v) is 5.22. The minimum Gasteiger partial charge on any atom is -0.378 e. The van der Waals surface area contributed by atoms with E-state index in [0.717, 1.165) is 5.56 Å². The van der Waals surface area contributed by atoms with Gasteiger partial charge in [-0.15, -0.1) is 0 Å². The van der Waals surface area contributed by atoms with Crippen LogP contribution in [0.15, 0.2) is 29.2 Å². The van der Waals surface area contributed by atoms with Gasteiger partial charge < -0.3 is 9.72 Å². The largest absolute Gasteiger partial charge is 0.378 e. The van der Waals surface area contributed by atoms with Gasteiger partial charge in [-0.2, -0.15) is 0 Å². The zero-order chi connectivity index (χ0) is 12.3. The van der Waals surface area contributed by atoms with E-state index >= 15 is 0 Å². The molecule has 0 saturated heterocycles. The second-order valence-corrected chi connectivity index (χ2v) is 3.69. The number of aryl methyl sites for hydroxylation is 1. The van der Waals surface area contributed by atoms with Gasteiger partial charge in [0.2, 0.25) is 0 Å². The third-order valence-electron chi connectivity index (χ3n) is 2.32. The number of methoxy groups -OCH3 is 1. The summed E-state index contributed by atoms with van der Waals surface area (Å²) in [5, 5.41) is 0. The van der Waals surface area contributed by atoms with Gasteiger partial charge in [-0.05, 0) is 18.6 Å². The van der Waals surface area contributed by atoms with Gasteiger partial charge in [0.05, 0.1) is 12.3 Å². The molecule has 2 heterocycles. The second-order valence-electron chi connectivity index (χ2n) is 3.69. The van der Waals surface area contributed by atoms with Crippen LogP contribution in [-0.4, -0.2) is 22.1 Å². The minimum atomic E-state index is -0.202. The van der Waals surface area contributed by atoms with Crippen molar-refractivity contribution >= 4 is 0 Å². The van der Waals surface area contributed by atoms with Crippen molar-refractivity contribution in [3.05, 3.63) is 46.0 Å². The molecule has 0 fully saturated rings. The first-order chi connectivity index (χ1) is 8.20. The molecule has 0 aliphatic heterocycles. The predicted molar refractivity (Wildman–Crippen MR) is 63.5 cm³/mol. The molecule has 0 radical (unpaired) electrons. The van der Waals surface area contributed by atoms with Gasteiger partial charge in [0.25, 0.3) is 5.56 Å². The molecule has 0 saturated carbocycles. The van der Waals surface area contributed by atoms with E-state index < -0.39 is 0 Å². The fourth-order valence-corrected chi connectivity index (χ4v) is 1.58. The molecule has 0 spiro atoms. The van der Waals surface area contributed by atoms with E-state index in [-0.39, 0.29) is 5.56 Å². The summed E-state index contributed by atoms with van der Waals surface area (Å²) in [6.07, 6.45) is 1.67. The number of rotatable bonds is 3. The van der Waals surface area contributed by atoms with Gasteiger partial charge in [-0.25, -0.2) is 4.98 Å². The summed E-state index contributed by atoms with van der Waals surface area (Å²) in [5.74, 6) is 0.475. The van der Waals surface area contributed by atoms with Crippen molar-refractivity contribution in [1.29, 1.82) is 0 Å². The number of hydrogen-bond acceptors (Lipinski definition) is 4. The lowest BCUT2D eigenvalue weighted by molar-refractivity contribution is 0.181. The lowest BCUT2D eigenvalue weighted by Gasteiger charge is -2.05. The highest BCUT2D eigenvalue weighted by Gasteiger charge is 2.07. The van der Waals surface area contributed by atoms with E-state index in [2.05, 4.69) is 15.0 Å². The molecule has 0 amide bonds. The van der Waals surface area contributed by atoms with Gasteiger partial charge >= 0.3 is 0 Å². The fraction of sp³-hybridized carbons (Fsp3) is 0.250. The van der Waals surface area contributed by atoms with Crippen LogP contribution < -0.4 is 5.56 Å². The maximum atomic E-state index is 11.5. The molecule has 0 unspecified atom stereocenters. The lowest BCUT2D eigenvalue weighted by Crippen LogP contribution is -2.11. The summed E-state index contributed by atoms with van der Waals surface area (Å²) in [4.78, 5) is 22.7. The fourth-order valence-electron chi connectivity index (χ4n) is 1.58. The Bertz CT molecular complexity index is 578. The van der Waals surface area contributed by atoms with Crippen molar-refractivity contribution in [3.8, 4) is 11.5 Å². The zero-order valence-corrected chi connectivity index (χ0v) is 9.73. The van der Waals surface area contributed by atoms with Crippen LogP contribution in [0.1, 0.15) is 11.3 Å². The van der Waals surface area contributed by atoms with Crippen LogP contribution in [0.3, 0.4) is 0 Å². The Balaban J connectivity index is 2.52. The van der Waals surface area contributed by atoms with Gasteiger partial charge in [-0.3, -0.25) is 9.78 Å². The zero-order valence-electron chi connectivity index (χ0n) is 9.73. The first kappa shape index (κ1) is 11.5. The normalized spacial score (nSPS) is 10.5. The summed E-state index contributed by atoms with van der Waals surface area (Å²) < 4.78 is 4.97. The molecule has 5 nitrogen and oxygen atoms in total. The Labute approximate surface area is 98.5 Å². The van der Waals surface area contributed by atoms with E-state index in [9.17, 15) is 4.79 Å². The van der Waals surface area contributed by atoms with Crippen molar-refractivity contribution in [2.45, 2.75) is 13.5 Å². The van der Waals surface area contributed by atoms with E-state index in [1.165, 1.54) is 6.07 Å². The molecule has 0 aliphatic rings. The smallest absolute Gasteiger partial charge is 0.251 e. The van der Waals surface area contributed by atoms with Crippen LogP contribution in [0.2, 0.25) is 0 Å². The topological polar surface area (TPSA) is 67.9 Å². The standard InChI is InChI=1S/C12H13N3O2/c1-8-4-3-5-13-11(8)12-14-9(7-17-2)6-10(16)15-12/h3-6H,7H2,1-2H3,(H,14,15,16). The van der Waals surface area contributed by atoms with Crippen molar-refractivity contribution in [1.82, 2.24) is 15.0 Å². The highest BCUT2D eigenvalue weighted by atomic mass is 16.5. The third-order valence-corrected chi connectivity index (χ3v) is 2.32. The lowest BCUT2D eigenvalue weighted by atomic mass is 10.2. The van der Waals surface area contributed by atoms with Crippen molar-refractivity contribution in [2.75, 3.05) is 7.11 Å². The summed E-state index contributed by atoms with van der Waals surface area (Å²) >= 11 is 0. The Hall–Kier alpha value is -2.01. The molecule has 2 rings (SSSR count). The van der Waals surface area contributed by atoms with Gasteiger partial charge in [0.1, 0.15) is 5.69 Å². The second kappa shape index (κ2) is 4.88. The number of aromatic nitrogens is 3. The first-order valence-electron chi connectivity index (χ1n) is 5.22. The quantitative estimate of drug-likeness (QED) is 0.864.